The molecule has 6 heteroatoms. The number of rotatable bonds is 5. The van der Waals surface area contributed by atoms with Crippen molar-refractivity contribution in [3.63, 3.8) is 0 Å². The zero-order valence-corrected chi connectivity index (χ0v) is 15.5. The third-order valence-electron chi connectivity index (χ3n) is 5.10. The topological polar surface area (TPSA) is 73.2 Å². The van der Waals surface area contributed by atoms with Crippen molar-refractivity contribution in [1.82, 2.24) is 15.2 Å². The first-order valence-electron chi connectivity index (χ1n) is 9.17. The summed E-state index contributed by atoms with van der Waals surface area (Å²) in [4.78, 5) is 4.27. The number of hydrogen-bond donors (Lipinski definition) is 1. The van der Waals surface area contributed by atoms with Crippen molar-refractivity contribution in [3.05, 3.63) is 48.2 Å². The van der Waals surface area contributed by atoms with Crippen molar-refractivity contribution in [2.24, 2.45) is 5.41 Å². The zero-order chi connectivity index (χ0) is 18.2. The van der Waals surface area contributed by atoms with Crippen LogP contribution in [-0.2, 0) is 21.7 Å². The summed E-state index contributed by atoms with van der Waals surface area (Å²) in [6, 6.07) is 9.95. The Balaban J connectivity index is 1.77. The molecule has 138 valence electrons. The number of nitrogens with one attached hydrogen (secondary N) is 1. The van der Waals surface area contributed by atoms with Gasteiger partial charge in [0, 0.05) is 10.8 Å². The van der Waals surface area contributed by atoms with E-state index in [1.165, 1.54) is 6.33 Å². The maximum atomic E-state index is 6.61. The smallest absolute Gasteiger partial charge is 0.235 e. The second kappa shape index (κ2) is 6.52. The van der Waals surface area contributed by atoms with E-state index in [1.54, 1.807) is 0 Å². The van der Waals surface area contributed by atoms with Gasteiger partial charge in [0.15, 0.2) is 5.76 Å². The molecule has 0 unspecified atom stereocenters. The van der Waals surface area contributed by atoms with Gasteiger partial charge in [-0.05, 0) is 18.6 Å². The summed E-state index contributed by atoms with van der Waals surface area (Å²) in [5.41, 5.74) is 0.760. The van der Waals surface area contributed by atoms with Crippen molar-refractivity contribution in [2.75, 3.05) is 6.61 Å². The van der Waals surface area contributed by atoms with Crippen LogP contribution < -0.4 is 0 Å². The third-order valence-corrected chi connectivity index (χ3v) is 5.10. The maximum absolute atomic E-state index is 6.61. The number of fused-ring (bicyclic) bond motifs is 1. The van der Waals surface area contributed by atoms with E-state index in [0.717, 1.165) is 23.8 Å². The van der Waals surface area contributed by atoms with Crippen molar-refractivity contribution in [1.29, 1.82) is 0 Å². The molecule has 1 saturated heterocycles. The average molecular weight is 355 g/mol. The lowest BCUT2D eigenvalue weighted by atomic mass is 9.83. The normalized spacial score (nSPS) is 25.6. The van der Waals surface area contributed by atoms with Gasteiger partial charge in [-0.3, -0.25) is 5.10 Å². The van der Waals surface area contributed by atoms with Crippen LogP contribution in [0.15, 0.2) is 41.1 Å². The van der Waals surface area contributed by atoms with Crippen LogP contribution in [0.5, 0.6) is 0 Å². The minimum absolute atomic E-state index is 0.0626. The standard InChI is InChI=1S/C20H25N3O3/c1-4-7-16-19(2,3)12-24-20(26-16,11-18-21-13-22-23-18)17-10-14-8-5-6-9-15(14)25-17/h5-6,8-10,13,16H,4,7,11-12H2,1-3H3,(H,21,22,23)/t16-,20-/m0/s1. The summed E-state index contributed by atoms with van der Waals surface area (Å²) in [5.74, 6) is 0.376. The highest BCUT2D eigenvalue weighted by atomic mass is 16.7. The number of para-hydroxylation sites is 1. The van der Waals surface area contributed by atoms with Crippen molar-refractivity contribution in [2.45, 2.75) is 51.9 Å². The van der Waals surface area contributed by atoms with Crippen molar-refractivity contribution < 1.29 is 13.9 Å². The van der Waals surface area contributed by atoms with Crippen LogP contribution in [0.4, 0.5) is 0 Å². The fourth-order valence-corrected chi connectivity index (χ4v) is 3.55. The Hall–Kier alpha value is -2.18. The van der Waals surface area contributed by atoms with Gasteiger partial charge < -0.3 is 13.9 Å². The monoisotopic (exact) mass is 355 g/mol. The van der Waals surface area contributed by atoms with Crippen molar-refractivity contribution in [3.8, 4) is 0 Å². The van der Waals surface area contributed by atoms with E-state index in [2.05, 4.69) is 36.0 Å². The molecule has 0 amide bonds. The Bertz CT molecular complexity index is 838. The molecule has 0 radical (unpaired) electrons. The molecule has 0 spiro atoms. The SMILES string of the molecule is CCC[C@@H]1O[C@@](Cc2ncn[nH]2)(c2cc3ccccc3o2)OCC1(C)C. The van der Waals surface area contributed by atoms with Gasteiger partial charge in [0.1, 0.15) is 17.7 Å². The Morgan fingerprint density at radius 3 is 2.85 bits per heavy atom. The average Bonchev–Trinajstić information content (AvgIpc) is 3.28. The molecule has 4 rings (SSSR count). The van der Waals surface area contributed by atoms with Crippen LogP contribution in [0.25, 0.3) is 11.0 Å². The van der Waals surface area contributed by atoms with E-state index in [-0.39, 0.29) is 11.5 Å². The fraction of sp³-hybridized carbons (Fsp3) is 0.500. The highest BCUT2D eigenvalue weighted by molar-refractivity contribution is 5.77. The predicted molar refractivity (Wildman–Crippen MR) is 97.5 cm³/mol. The Morgan fingerprint density at radius 2 is 2.12 bits per heavy atom. The lowest BCUT2D eigenvalue weighted by Gasteiger charge is -2.47. The van der Waals surface area contributed by atoms with Crippen LogP contribution in [-0.4, -0.2) is 27.9 Å². The molecular weight excluding hydrogens is 330 g/mol. The van der Waals surface area contributed by atoms with Gasteiger partial charge in [-0.1, -0.05) is 45.4 Å². The molecule has 26 heavy (non-hydrogen) atoms. The number of benzene rings is 1. The molecule has 2 atom stereocenters. The minimum atomic E-state index is -1.01. The summed E-state index contributed by atoms with van der Waals surface area (Å²) in [7, 11) is 0. The van der Waals surface area contributed by atoms with Gasteiger partial charge in [0.05, 0.1) is 19.1 Å². The summed E-state index contributed by atoms with van der Waals surface area (Å²) in [6.07, 6.45) is 4.00. The van der Waals surface area contributed by atoms with E-state index >= 15 is 0 Å². The number of H-pyrrole nitrogens is 1. The summed E-state index contributed by atoms with van der Waals surface area (Å²) >= 11 is 0. The van der Waals surface area contributed by atoms with Gasteiger partial charge in [-0.25, -0.2) is 4.98 Å². The zero-order valence-electron chi connectivity index (χ0n) is 15.5. The molecule has 1 aliphatic rings. The largest absolute Gasteiger partial charge is 0.455 e. The van der Waals surface area contributed by atoms with Crippen LogP contribution in [0, 0.1) is 5.41 Å². The molecule has 1 aliphatic heterocycles. The van der Waals surface area contributed by atoms with E-state index in [0.29, 0.717) is 24.6 Å². The highest BCUT2D eigenvalue weighted by Crippen LogP contribution is 2.45. The predicted octanol–water partition coefficient (Wildman–Crippen LogP) is 4.19. The minimum Gasteiger partial charge on any atom is -0.455 e. The molecule has 6 nitrogen and oxygen atoms in total. The number of nitrogens with zero attached hydrogens (tertiary/aromatic N) is 2. The fourth-order valence-electron chi connectivity index (χ4n) is 3.55. The van der Waals surface area contributed by atoms with Crippen LogP contribution in [0.1, 0.15) is 45.2 Å². The molecule has 0 aliphatic carbocycles. The molecule has 3 heterocycles. The summed E-state index contributed by atoms with van der Waals surface area (Å²) in [5, 5.41) is 7.91. The highest BCUT2D eigenvalue weighted by Gasteiger charge is 2.50. The number of ether oxygens (including phenoxy) is 2. The summed E-state index contributed by atoms with van der Waals surface area (Å²) < 4.78 is 19.1. The first-order chi connectivity index (χ1) is 12.5. The number of aromatic nitrogens is 3. The third kappa shape index (κ3) is 3.04. The second-order valence-electron chi connectivity index (χ2n) is 7.68. The first-order valence-corrected chi connectivity index (χ1v) is 9.17. The van der Waals surface area contributed by atoms with Crippen LogP contribution >= 0.6 is 0 Å². The molecule has 2 aromatic heterocycles. The van der Waals surface area contributed by atoms with E-state index in [4.69, 9.17) is 13.9 Å². The Kier molecular flexibility index (Phi) is 4.32. The van der Waals surface area contributed by atoms with Gasteiger partial charge in [0.2, 0.25) is 5.79 Å². The number of furan rings is 1. The van der Waals surface area contributed by atoms with E-state index in [9.17, 15) is 0 Å². The molecule has 3 aromatic rings. The Morgan fingerprint density at radius 1 is 1.27 bits per heavy atom. The second-order valence-corrected chi connectivity index (χ2v) is 7.68. The first kappa shape index (κ1) is 17.2. The lowest BCUT2D eigenvalue weighted by molar-refractivity contribution is -0.345. The van der Waals surface area contributed by atoms with Gasteiger partial charge in [-0.15, -0.1) is 0 Å². The quantitative estimate of drug-likeness (QED) is 0.743. The molecule has 0 saturated carbocycles. The van der Waals surface area contributed by atoms with Crippen LogP contribution in [0.3, 0.4) is 0 Å². The van der Waals surface area contributed by atoms with Gasteiger partial charge in [0.25, 0.3) is 0 Å². The van der Waals surface area contributed by atoms with Crippen molar-refractivity contribution >= 4 is 11.0 Å². The molecule has 0 bridgehead atoms. The molecule has 1 N–H and O–H groups in total. The molecular formula is C20H25N3O3. The van der Waals surface area contributed by atoms with E-state index < -0.39 is 5.79 Å². The van der Waals surface area contributed by atoms with Crippen LogP contribution in [0.2, 0.25) is 0 Å². The maximum Gasteiger partial charge on any atom is 0.235 e. The lowest BCUT2D eigenvalue weighted by Crippen LogP contribution is -2.52. The van der Waals surface area contributed by atoms with E-state index in [1.807, 2.05) is 30.3 Å². The Labute approximate surface area is 152 Å². The summed E-state index contributed by atoms with van der Waals surface area (Å²) in [6.45, 7) is 7.13. The van der Waals surface area contributed by atoms with Gasteiger partial charge in [-0.2, -0.15) is 5.10 Å². The number of aromatic amines is 1. The number of hydrogen-bond acceptors (Lipinski definition) is 5. The van der Waals surface area contributed by atoms with Gasteiger partial charge >= 0.3 is 0 Å². The molecule has 1 fully saturated rings. The molecule has 1 aromatic carbocycles.